The molecule has 12 heavy (non-hydrogen) atoms. The molecule has 0 unspecified atom stereocenters. The summed E-state index contributed by atoms with van der Waals surface area (Å²) < 4.78 is 0.974. The molecule has 66 valence electrons. The monoisotopic (exact) mass is 230 g/mol. The van der Waals surface area contributed by atoms with Gasteiger partial charge in [-0.3, -0.25) is 0 Å². The van der Waals surface area contributed by atoms with E-state index in [2.05, 4.69) is 60.7 Å². The molecule has 0 spiro atoms. The van der Waals surface area contributed by atoms with Gasteiger partial charge in [0.2, 0.25) is 0 Å². The molecule has 0 atom stereocenters. The maximum atomic E-state index is 2.67. The van der Waals surface area contributed by atoms with Crippen LogP contribution in [0.25, 0.3) is 0 Å². The molecule has 0 aromatic heterocycles. The third-order valence-corrected chi connectivity index (χ3v) is 2.21. The summed E-state index contributed by atoms with van der Waals surface area (Å²) >= 11 is 2.67. The van der Waals surface area contributed by atoms with Gasteiger partial charge in [-0.25, -0.2) is 0 Å². The number of quaternary nitrogens is 1. The predicted molar refractivity (Wildman–Crippen MR) is 54.3 cm³/mol. The Morgan fingerprint density at radius 3 is 2.25 bits per heavy atom. The van der Waals surface area contributed by atoms with Crippen LogP contribution in [0.1, 0.15) is 5.56 Å². The van der Waals surface area contributed by atoms with Crippen LogP contribution in [0.3, 0.4) is 0 Å². The fourth-order valence-corrected chi connectivity index (χ4v) is 1.26. The van der Waals surface area contributed by atoms with Crippen LogP contribution in [0, 0.1) is 0 Å². The van der Waals surface area contributed by atoms with Crippen molar-refractivity contribution >= 4 is 16.2 Å². The Morgan fingerprint density at radius 1 is 1.17 bits per heavy atom. The molecule has 1 aromatic rings. The molecule has 0 bridgehead atoms. The van der Waals surface area contributed by atoms with Gasteiger partial charge in [-0.2, -0.15) is 0 Å². The molecule has 0 radical (unpaired) electrons. The van der Waals surface area contributed by atoms with Crippen molar-refractivity contribution in [2.24, 2.45) is 0 Å². The molecule has 0 amide bonds. The molecular weight excluding hydrogens is 213 g/mol. The molecule has 1 rings (SSSR count). The second-order valence-electron chi connectivity index (χ2n) is 3.58. The first-order valence-electron chi connectivity index (χ1n) is 4.17. The molecule has 0 saturated heterocycles. The van der Waals surface area contributed by atoms with Crippen LogP contribution in [-0.2, 0) is 6.42 Å². The Balaban J connectivity index is 2.44. The van der Waals surface area contributed by atoms with Gasteiger partial charge in [0, 0.05) is 0 Å². The molecule has 0 aliphatic carbocycles. The predicted octanol–water partition coefficient (Wildman–Crippen LogP) is 1.12. The Morgan fingerprint density at radius 2 is 1.75 bits per heavy atom. The molecule has 0 fully saturated rings. The van der Waals surface area contributed by atoms with Gasteiger partial charge in [-0.05, 0) is 0 Å². The zero-order valence-corrected chi connectivity index (χ0v) is 9.57. The van der Waals surface area contributed by atoms with Crippen LogP contribution >= 0.6 is 0 Å². The van der Waals surface area contributed by atoms with Crippen molar-refractivity contribution in [3.8, 4) is 0 Å². The first-order valence-corrected chi connectivity index (χ1v) is 5.01. The van der Waals surface area contributed by atoms with Gasteiger partial charge in [0.05, 0.1) is 0 Å². The van der Waals surface area contributed by atoms with Gasteiger partial charge < -0.3 is 0 Å². The number of hydrogen-bond donors (Lipinski definition) is 0. The quantitative estimate of drug-likeness (QED) is 0.681. The summed E-state index contributed by atoms with van der Waals surface area (Å²) in [5, 5.41) is 0. The summed E-state index contributed by atoms with van der Waals surface area (Å²) in [7, 11) is 4.39. The van der Waals surface area contributed by atoms with Crippen molar-refractivity contribution in [2.45, 2.75) is 6.42 Å². The molecular formula is C10H16NSe+. The van der Waals surface area contributed by atoms with Crippen molar-refractivity contribution in [1.82, 2.24) is 0 Å². The molecule has 0 aliphatic rings. The van der Waals surface area contributed by atoms with Crippen LogP contribution in [0.5, 0.6) is 0 Å². The van der Waals surface area contributed by atoms with Crippen LogP contribution in [0.2, 0.25) is 0 Å². The zero-order valence-electron chi connectivity index (χ0n) is 7.70. The van der Waals surface area contributed by atoms with Crippen molar-refractivity contribution in [1.29, 1.82) is 0 Å². The average Bonchev–Trinajstić information content (AvgIpc) is 2.02. The number of rotatable bonds is 3. The van der Waals surface area contributed by atoms with E-state index in [9.17, 15) is 0 Å². The van der Waals surface area contributed by atoms with Crippen LogP contribution in [-0.4, -0.2) is 40.4 Å². The number of hydrogen-bond acceptors (Lipinski definition) is 0. The Labute approximate surface area is 83.0 Å². The van der Waals surface area contributed by atoms with E-state index in [-0.39, 0.29) is 0 Å². The van der Waals surface area contributed by atoms with Gasteiger partial charge in [0.25, 0.3) is 0 Å². The van der Waals surface area contributed by atoms with Crippen LogP contribution in [0.4, 0.5) is 0 Å². The van der Waals surface area contributed by atoms with E-state index < -0.39 is 0 Å². The SMILES string of the molecule is C[N+](C)([SeH])CCc1ccccc1. The summed E-state index contributed by atoms with van der Waals surface area (Å²) in [6.45, 7) is 1.17. The second-order valence-corrected chi connectivity index (χ2v) is 5.85. The standard InChI is InChI=1S/C10H16NSe/c1-11(2,12)9-8-10-6-4-3-5-7-10/h3-7,12H,8-9H2,1-2H3/q+1. The molecule has 1 aromatic carbocycles. The van der Waals surface area contributed by atoms with E-state index in [0.29, 0.717) is 0 Å². The van der Waals surface area contributed by atoms with Gasteiger partial charge in [0.15, 0.2) is 0 Å². The van der Waals surface area contributed by atoms with Crippen molar-refractivity contribution < 1.29 is 3.50 Å². The first-order chi connectivity index (χ1) is 5.58. The van der Waals surface area contributed by atoms with E-state index in [0.717, 1.165) is 9.92 Å². The minimum absolute atomic E-state index is 0.974. The fraction of sp³-hybridized carbons (Fsp3) is 0.400. The molecule has 0 aliphatic heterocycles. The van der Waals surface area contributed by atoms with Crippen LogP contribution in [0.15, 0.2) is 30.3 Å². The second kappa shape index (κ2) is 4.08. The van der Waals surface area contributed by atoms with Gasteiger partial charge in [-0.15, -0.1) is 0 Å². The van der Waals surface area contributed by atoms with Gasteiger partial charge >= 0.3 is 82.7 Å². The first kappa shape index (κ1) is 9.78. The molecule has 2 heteroatoms. The molecule has 0 heterocycles. The van der Waals surface area contributed by atoms with Gasteiger partial charge in [0.1, 0.15) is 0 Å². The van der Waals surface area contributed by atoms with Crippen molar-refractivity contribution in [2.75, 3.05) is 20.6 Å². The van der Waals surface area contributed by atoms with Crippen LogP contribution < -0.4 is 0 Å². The summed E-state index contributed by atoms with van der Waals surface area (Å²) in [5.74, 6) is 0. The summed E-state index contributed by atoms with van der Waals surface area (Å²) in [4.78, 5) is 0. The topological polar surface area (TPSA) is 0 Å². The van der Waals surface area contributed by atoms with E-state index >= 15 is 0 Å². The molecule has 0 N–H and O–H groups in total. The Bertz CT molecular complexity index is 225. The fourth-order valence-electron chi connectivity index (χ4n) is 1.05. The number of likely N-dealkylation sites (N-methyl/N-ethyl adjacent to an activating group) is 1. The van der Waals surface area contributed by atoms with E-state index in [1.54, 1.807) is 0 Å². The van der Waals surface area contributed by atoms with Crippen molar-refractivity contribution in [3.05, 3.63) is 35.9 Å². The Kier molecular flexibility index (Phi) is 3.33. The normalized spacial score (nSPS) is 11.6. The zero-order chi connectivity index (χ0) is 9.03. The average molecular weight is 229 g/mol. The minimum atomic E-state index is 0.974. The van der Waals surface area contributed by atoms with E-state index in [1.807, 2.05) is 0 Å². The van der Waals surface area contributed by atoms with E-state index in [1.165, 1.54) is 12.1 Å². The van der Waals surface area contributed by atoms with Gasteiger partial charge in [-0.1, -0.05) is 0 Å². The third-order valence-electron chi connectivity index (χ3n) is 1.79. The third kappa shape index (κ3) is 3.91. The Hall–Kier alpha value is -0.301. The summed E-state index contributed by atoms with van der Waals surface area (Å²) in [6, 6.07) is 10.6. The maximum absolute atomic E-state index is 2.67. The molecule has 1 nitrogen and oxygen atoms in total. The number of nitrogens with zero attached hydrogens (tertiary/aromatic N) is 1. The van der Waals surface area contributed by atoms with Crippen molar-refractivity contribution in [3.63, 3.8) is 0 Å². The summed E-state index contributed by atoms with van der Waals surface area (Å²) in [6.07, 6.45) is 1.16. The van der Waals surface area contributed by atoms with E-state index in [4.69, 9.17) is 0 Å². The number of benzene rings is 1. The molecule has 0 saturated carbocycles. The summed E-state index contributed by atoms with van der Waals surface area (Å²) in [5.41, 5.74) is 1.43.